The number of hydrogen-bond acceptors (Lipinski definition) is 3. The third-order valence-electron chi connectivity index (χ3n) is 3.37. The molecule has 1 heterocycles. The molecule has 1 aliphatic heterocycles. The standard InChI is InChI=1S/C13H17ClFN3O3S/c1-22(20,21)18-6-2-3-10(8-18)17-13(19)16-9-4-5-12(15)11(14)7-9/h4-5,7,10H,2-3,6,8H2,1H3,(H2,16,17,19)/t10-/m0/s1. The molecule has 1 aromatic carbocycles. The highest BCUT2D eigenvalue weighted by atomic mass is 35.5. The Morgan fingerprint density at radius 3 is 2.82 bits per heavy atom. The fourth-order valence-electron chi connectivity index (χ4n) is 2.29. The molecule has 0 aromatic heterocycles. The van der Waals surface area contributed by atoms with Crippen LogP contribution in [0.5, 0.6) is 0 Å². The zero-order valence-electron chi connectivity index (χ0n) is 12.0. The molecule has 1 saturated heterocycles. The highest BCUT2D eigenvalue weighted by Gasteiger charge is 2.26. The molecule has 0 saturated carbocycles. The smallest absolute Gasteiger partial charge is 0.319 e. The predicted octanol–water partition coefficient (Wildman–Crippen LogP) is 2.02. The summed E-state index contributed by atoms with van der Waals surface area (Å²) in [5, 5.41) is 5.17. The van der Waals surface area contributed by atoms with E-state index in [4.69, 9.17) is 11.6 Å². The number of hydrogen-bond donors (Lipinski definition) is 2. The molecule has 6 nitrogen and oxygen atoms in total. The number of anilines is 1. The maximum absolute atomic E-state index is 13.0. The second-order valence-electron chi connectivity index (χ2n) is 5.19. The Morgan fingerprint density at radius 1 is 1.45 bits per heavy atom. The third kappa shape index (κ3) is 4.56. The van der Waals surface area contributed by atoms with Crippen LogP contribution in [0, 0.1) is 5.82 Å². The first-order valence-corrected chi connectivity index (χ1v) is 8.96. The van der Waals surface area contributed by atoms with Crippen LogP contribution in [0.1, 0.15) is 12.8 Å². The molecule has 22 heavy (non-hydrogen) atoms. The highest BCUT2D eigenvalue weighted by Crippen LogP contribution is 2.19. The number of carbonyl (C=O) groups is 1. The molecular weight excluding hydrogens is 333 g/mol. The molecule has 1 atom stereocenters. The van der Waals surface area contributed by atoms with Crippen molar-refractivity contribution in [2.45, 2.75) is 18.9 Å². The minimum Gasteiger partial charge on any atom is -0.334 e. The molecule has 0 bridgehead atoms. The normalized spacial score (nSPS) is 19.7. The van der Waals surface area contributed by atoms with Gasteiger partial charge in [-0.1, -0.05) is 11.6 Å². The van der Waals surface area contributed by atoms with Gasteiger partial charge in [0.2, 0.25) is 10.0 Å². The third-order valence-corrected chi connectivity index (χ3v) is 4.93. The van der Waals surface area contributed by atoms with Crippen molar-refractivity contribution in [2.75, 3.05) is 24.7 Å². The number of nitrogens with zero attached hydrogens (tertiary/aromatic N) is 1. The molecule has 1 fully saturated rings. The van der Waals surface area contributed by atoms with Crippen molar-refractivity contribution in [3.8, 4) is 0 Å². The van der Waals surface area contributed by atoms with E-state index < -0.39 is 21.9 Å². The van der Waals surface area contributed by atoms with Crippen LogP contribution >= 0.6 is 11.6 Å². The molecule has 1 aliphatic rings. The molecule has 2 rings (SSSR count). The van der Waals surface area contributed by atoms with Crippen molar-refractivity contribution >= 4 is 33.3 Å². The molecule has 0 radical (unpaired) electrons. The number of rotatable bonds is 3. The van der Waals surface area contributed by atoms with Gasteiger partial charge < -0.3 is 10.6 Å². The summed E-state index contributed by atoms with van der Waals surface area (Å²) in [7, 11) is -3.26. The molecule has 0 aliphatic carbocycles. The van der Waals surface area contributed by atoms with Gasteiger partial charge in [-0.05, 0) is 31.0 Å². The van der Waals surface area contributed by atoms with Gasteiger partial charge in [0, 0.05) is 24.8 Å². The first kappa shape index (κ1) is 17.0. The predicted molar refractivity (Wildman–Crippen MR) is 83.0 cm³/mol. The lowest BCUT2D eigenvalue weighted by Crippen LogP contribution is -2.50. The average molecular weight is 350 g/mol. The van der Waals surface area contributed by atoms with E-state index in [0.717, 1.165) is 12.3 Å². The van der Waals surface area contributed by atoms with Crippen LogP contribution in [0.15, 0.2) is 18.2 Å². The van der Waals surface area contributed by atoms with E-state index in [9.17, 15) is 17.6 Å². The van der Waals surface area contributed by atoms with Crippen LogP contribution in [0.3, 0.4) is 0 Å². The van der Waals surface area contributed by atoms with E-state index in [0.29, 0.717) is 25.1 Å². The van der Waals surface area contributed by atoms with Crippen LogP contribution in [-0.4, -0.2) is 44.1 Å². The quantitative estimate of drug-likeness (QED) is 0.876. The number of benzene rings is 1. The Kier molecular flexibility index (Phi) is 5.25. The number of halogens is 2. The van der Waals surface area contributed by atoms with Crippen LogP contribution in [0.4, 0.5) is 14.9 Å². The monoisotopic (exact) mass is 349 g/mol. The zero-order valence-corrected chi connectivity index (χ0v) is 13.5. The van der Waals surface area contributed by atoms with Crippen molar-refractivity contribution in [1.82, 2.24) is 9.62 Å². The molecule has 0 spiro atoms. The lowest BCUT2D eigenvalue weighted by molar-refractivity contribution is 0.236. The molecule has 0 unspecified atom stereocenters. The molecule has 122 valence electrons. The van der Waals surface area contributed by atoms with Gasteiger partial charge in [-0.3, -0.25) is 0 Å². The molecular formula is C13H17ClFN3O3S. The van der Waals surface area contributed by atoms with E-state index in [1.807, 2.05) is 0 Å². The first-order valence-electron chi connectivity index (χ1n) is 6.73. The summed E-state index contributed by atoms with van der Waals surface area (Å²) in [5.41, 5.74) is 0.361. The number of amides is 2. The largest absolute Gasteiger partial charge is 0.334 e. The van der Waals surface area contributed by atoms with Crippen molar-refractivity contribution in [2.24, 2.45) is 0 Å². The minimum atomic E-state index is -3.26. The van der Waals surface area contributed by atoms with Gasteiger partial charge in [0.15, 0.2) is 0 Å². The van der Waals surface area contributed by atoms with Gasteiger partial charge >= 0.3 is 6.03 Å². The summed E-state index contributed by atoms with van der Waals surface area (Å²) in [4.78, 5) is 11.9. The van der Waals surface area contributed by atoms with E-state index in [1.165, 1.54) is 16.4 Å². The van der Waals surface area contributed by atoms with Crippen molar-refractivity contribution < 1.29 is 17.6 Å². The van der Waals surface area contributed by atoms with Gasteiger partial charge in [0.1, 0.15) is 5.82 Å². The Hall–Kier alpha value is -1.38. The van der Waals surface area contributed by atoms with Crippen molar-refractivity contribution in [1.29, 1.82) is 0 Å². The number of carbonyl (C=O) groups excluding carboxylic acids is 1. The van der Waals surface area contributed by atoms with E-state index in [1.54, 1.807) is 0 Å². The van der Waals surface area contributed by atoms with Gasteiger partial charge in [0.05, 0.1) is 11.3 Å². The van der Waals surface area contributed by atoms with Crippen LogP contribution < -0.4 is 10.6 Å². The van der Waals surface area contributed by atoms with Gasteiger partial charge in [-0.2, -0.15) is 0 Å². The number of sulfonamides is 1. The van der Waals surface area contributed by atoms with E-state index in [2.05, 4.69) is 10.6 Å². The fraction of sp³-hybridized carbons (Fsp3) is 0.462. The SMILES string of the molecule is CS(=O)(=O)N1CCC[C@H](NC(=O)Nc2ccc(F)c(Cl)c2)C1. The lowest BCUT2D eigenvalue weighted by atomic mass is 10.1. The summed E-state index contributed by atoms with van der Waals surface area (Å²) in [6.07, 6.45) is 2.53. The Labute approximate surface area is 133 Å². The fourth-order valence-corrected chi connectivity index (χ4v) is 3.38. The topological polar surface area (TPSA) is 78.5 Å². The summed E-state index contributed by atoms with van der Waals surface area (Å²) in [5.74, 6) is -0.566. The molecule has 9 heteroatoms. The Bertz CT molecular complexity index is 668. The maximum Gasteiger partial charge on any atom is 0.319 e. The number of urea groups is 1. The van der Waals surface area contributed by atoms with Crippen molar-refractivity contribution in [3.05, 3.63) is 29.0 Å². The molecule has 1 aromatic rings. The maximum atomic E-state index is 13.0. The number of nitrogens with one attached hydrogen (secondary N) is 2. The average Bonchev–Trinajstić information content (AvgIpc) is 2.42. The zero-order chi connectivity index (χ0) is 16.3. The second-order valence-corrected chi connectivity index (χ2v) is 7.58. The summed E-state index contributed by atoms with van der Waals surface area (Å²) >= 11 is 5.64. The van der Waals surface area contributed by atoms with Gasteiger partial charge in [-0.15, -0.1) is 0 Å². The highest BCUT2D eigenvalue weighted by molar-refractivity contribution is 7.88. The summed E-state index contributed by atoms with van der Waals surface area (Å²) < 4.78 is 37.4. The summed E-state index contributed by atoms with van der Waals surface area (Å²) in [6.45, 7) is 0.711. The summed E-state index contributed by atoms with van der Waals surface area (Å²) in [6, 6.07) is 3.11. The Balaban J connectivity index is 1.92. The number of piperidine rings is 1. The molecule has 2 N–H and O–H groups in total. The second kappa shape index (κ2) is 6.80. The lowest BCUT2D eigenvalue weighted by Gasteiger charge is -2.31. The van der Waals surface area contributed by atoms with E-state index in [-0.39, 0.29) is 17.6 Å². The van der Waals surface area contributed by atoms with Gasteiger partial charge in [-0.25, -0.2) is 21.9 Å². The van der Waals surface area contributed by atoms with Crippen LogP contribution in [0.2, 0.25) is 5.02 Å². The van der Waals surface area contributed by atoms with Gasteiger partial charge in [0.25, 0.3) is 0 Å². The molecule has 2 amide bonds. The first-order chi connectivity index (χ1) is 10.3. The Morgan fingerprint density at radius 2 is 2.18 bits per heavy atom. The van der Waals surface area contributed by atoms with Crippen molar-refractivity contribution in [3.63, 3.8) is 0 Å². The van der Waals surface area contributed by atoms with E-state index >= 15 is 0 Å². The van der Waals surface area contributed by atoms with Crippen LogP contribution in [0.25, 0.3) is 0 Å². The minimum absolute atomic E-state index is 0.0845. The van der Waals surface area contributed by atoms with Crippen LogP contribution in [-0.2, 0) is 10.0 Å².